The Morgan fingerprint density at radius 1 is 1.58 bits per heavy atom. The molecule has 7 nitrogen and oxygen atoms in total. The molecule has 0 heterocycles. The van der Waals surface area contributed by atoms with Gasteiger partial charge < -0.3 is 15.7 Å². The normalized spacial score (nSPS) is 11.9. The molecule has 0 unspecified atom stereocenters. The molecule has 0 aromatic heterocycles. The Morgan fingerprint density at radius 2 is 2.21 bits per heavy atom. The largest absolute Gasteiger partial charge is 0.389 e. The molecule has 1 atom stereocenters. The smallest absolute Gasteiger partial charge is 0.292 e. The first-order valence-corrected chi connectivity index (χ1v) is 5.86. The summed E-state index contributed by atoms with van der Waals surface area (Å²) in [5.74, 6) is -0.559. The molecule has 1 aromatic rings. The van der Waals surface area contributed by atoms with E-state index in [4.69, 9.17) is 5.73 Å². The first-order valence-electron chi connectivity index (χ1n) is 5.86. The van der Waals surface area contributed by atoms with Gasteiger partial charge in [-0.25, -0.2) is 0 Å². The molecule has 7 heteroatoms. The minimum Gasteiger partial charge on any atom is -0.389 e. The van der Waals surface area contributed by atoms with Crippen LogP contribution in [0.25, 0.3) is 0 Å². The second kappa shape index (κ2) is 6.14. The van der Waals surface area contributed by atoms with Crippen LogP contribution in [0.5, 0.6) is 0 Å². The summed E-state index contributed by atoms with van der Waals surface area (Å²) in [6.45, 7) is 3.62. The first-order chi connectivity index (χ1) is 8.86. The molecule has 0 aliphatic carbocycles. The number of hydrogen-bond donors (Lipinski definition) is 2. The van der Waals surface area contributed by atoms with Crippen molar-refractivity contribution in [2.45, 2.75) is 20.0 Å². The Morgan fingerprint density at radius 3 is 2.63 bits per heavy atom. The number of aliphatic hydroxyl groups is 1. The van der Waals surface area contributed by atoms with Gasteiger partial charge >= 0.3 is 0 Å². The third-order valence-electron chi connectivity index (χ3n) is 2.75. The number of likely N-dealkylation sites (N-methyl/N-ethyl adjacent to an activating group) is 1. The molecule has 0 saturated heterocycles. The van der Waals surface area contributed by atoms with Crippen molar-refractivity contribution in [1.29, 1.82) is 0 Å². The van der Waals surface area contributed by atoms with E-state index in [-0.39, 0.29) is 12.2 Å². The lowest BCUT2D eigenvalue weighted by Crippen LogP contribution is -2.34. The Hall–Kier alpha value is -2.15. The van der Waals surface area contributed by atoms with Crippen LogP contribution in [0.3, 0.4) is 0 Å². The van der Waals surface area contributed by atoms with Gasteiger partial charge in [-0.05, 0) is 25.5 Å². The standard InChI is InChI=1S/C12H17N3O4/c1-3-14(7-12(13)17)10-5-4-9(8(2)16)6-11(10)15(18)19/h4-6,8,16H,3,7H2,1-2H3,(H2,13,17)/t8-/m1/s1. The van der Waals surface area contributed by atoms with E-state index in [2.05, 4.69) is 0 Å². The quantitative estimate of drug-likeness (QED) is 0.589. The molecule has 0 fully saturated rings. The van der Waals surface area contributed by atoms with E-state index in [0.717, 1.165) is 0 Å². The molecule has 0 radical (unpaired) electrons. The number of anilines is 1. The molecule has 1 amide bonds. The summed E-state index contributed by atoms with van der Waals surface area (Å²) >= 11 is 0. The second-order valence-corrected chi connectivity index (χ2v) is 4.16. The number of carbonyl (C=O) groups is 1. The minimum absolute atomic E-state index is 0.0919. The van der Waals surface area contributed by atoms with E-state index in [1.54, 1.807) is 13.0 Å². The van der Waals surface area contributed by atoms with Crippen molar-refractivity contribution in [2.24, 2.45) is 5.73 Å². The number of benzene rings is 1. The third kappa shape index (κ3) is 3.65. The predicted molar refractivity (Wildman–Crippen MR) is 70.8 cm³/mol. The number of aliphatic hydroxyl groups excluding tert-OH is 1. The molecule has 0 aliphatic heterocycles. The fraction of sp³-hybridized carbons (Fsp3) is 0.417. The lowest BCUT2D eigenvalue weighted by molar-refractivity contribution is -0.384. The van der Waals surface area contributed by atoms with Gasteiger partial charge in [0.25, 0.3) is 5.69 Å². The maximum Gasteiger partial charge on any atom is 0.292 e. The molecule has 0 spiro atoms. The summed E-state index contributed by atoms with van der Waals surface area (Å²) in [6, 6.07) is 4.42. The van der Waals surface area contributed by atoms with Crippen molar-refractivity contribution >= 4 is 17.3 Å². The lowest BCUT2D eigenvalue weighted by Gasteiger charge is -2.21. The SMILES string of the molecule is CCN(CC(N)=O)c1ccc([C@@H](C)O)cc1[N+](=O)[O-]. The van der Waals surface area contributed by atoms with Crippen molar-refractivity contribution < 1.29 is 14.8 Å². The zero-order valence-electron chi connectivity index (χ0n) is 10.9. The Bertz CT molecular complexity index is 488. The molecule has 3 N–H and O–H groups in total. The third-order valence-corrected chi connectivity index (χ3v) is 2.75. The van der Waals surface area contributed by atoms with Crippen LogP contribution in [0.15, 0.2) is 18.2 Å². The van der Waals surface area contributed by atoms with E-state index >= 15 is 0 Å². The number of nitro groups is 1. The van der Waals surface area contributed by atoms with Gasteiger partial charge in [-0.1, -0.05) is 6.07 Å². The molecule has 19 heavy (non-hydrogen) atoms. The number of carbonyl (C=O) groups excluding carboxylic acids is 1. The summed E-state index contributed by atoms with van der Waals surface area (Å²) in [4.78, 5) is 23.0. The van der Waals surface area contributed by atoms with Crippen LogP contribution in [-0.4, -0.2) is 29.0 Å². The van der Waals surface area contributed by atoms with Gasteiger partial charge in [0, 0.05) is 12.6 Å². The molecule has 1 aromatic carbocycles. The summed E-state index contributed by atoms with van der Waals surface area (Å²) < 4.78 is 0. The van der Waals surface area contributed by atoms with Crippen molar-refractivity contribution in [2.75, 3.05) is 18.0 Å². The number of primary amides is 1. The van der Waals surface area contributed by atoms with Crippen molar-refractivity contribution in [3.63, 3.8) is 0 Å². The highest BCUT2D eigenvalue weighted by Crippen LogP contribution is 2.30. The van der Waals surface area contributed by atoms with Gasteiger partial charge in [0.2, 0.25) is 5.91 Å². The van der Waals surface area contributed by atoms with Gasteiger partial charge in [0.15, 0.2) is 0 Å². The van der Waals surface area contributed by atoms with Crippen LogP contribution in [0, 0.1) is 10.1 Å². The molecule has 0 saturated carbocycles. The number of hydrogen-bond acceptors (Lipinski definition) is 5. The van der Waals surface area contributed by atoms with Gasteiger partial charge in [0.1, 0.15) is 5.69 Å². The van der Waals surface area contributed by atoms with E-state index in [1.165, 1.54) is 24.0 Å². The first kappa shape index (κ1) is 14.9. The number of nitrogens with two attached hydrogens (primary N) is 1. The topological polar surface area (TPSA) is 110 Å². The monoisotopic (exact) mass is 267 g/mol. The van der Waals surface area contributed by atoms with Gasteiger partial charge in [-0.15, -0.1) is 0 Å². The van der Waals surface area contributed by atoms with Crippen LogP contribution in [-0.2, 0) is 4.79 Å². The lowest BCUT2D eigenvalue weighted by atomic mass is 10.1. The highest BCUT2D eigenvalue weighted by molar-refractivity contribution is 5.81. The molecular formula is C12H17N3O4. The predicted octanol–water partition coefficient (Wildman–Crippen LogP) is 0.960. The van der Waals surface area contributed by atoms with Gasteiger partial charge in [0.05, 0.1) is 17.6 Å². The van der Waals surface area contributed by atoms with E-state index < -0.39 is 16.9 Å². The second-order valence-electron chi connectivity index (χ2n) is 4.16. The highest BCUT2D eigenvalue weighted by Gasteiger charge is 2.21. The van der Waals surface area contributed by atoms with Crippen molar-refractivity contribution in [1.82, 2.24) is 0 Å². The summed E-state index contributed by atoms with van der Waals surface area (Å²) in [5, 5.41) is 20.5. The van der Waals surface area contributed by atoms with Crippen molar-refractivity contribution in [3.05, 3.63) is 33.9 Å². The summed E-state index contributed by atoms with van der Waals surface area (Å²) in [5.41, 5.74) is 5.73. The zero-order valence-corrected chi connectivity index (χ0v) is 10.9. The van der Waals surface area contributed by atoms with E-state index in [0.29, 0.717) is 17.8 Å². The Balaban J connectivity index is 3.25. The van der Waals surface area contributed by atoms with E-state index in [1.807, 2.05) is 0 Å². The Kier molecular flexibility index (Phi) is 4.82. The van der Waals surface area contributed by atoms with Gasteiger partial charge in [-0.2, -0.15) is 0 Å². The van der Waals surface area contributed by atoms with Crippen LogP contribution < -0.4 is 10.6 Å². The minimum atomic E-state index is -0.793. The molecule has 1 rings (SSSR count). The molecule has 0 bridgehead atoms. The average molecular weight is 267 g/mol. The van der Waals surface area contributed by atoms with Crippen LogP contribution in [0.4, 0.5) is 11.4 Å². The zero-order chi connectivity index (χ0) is 14.6. The molecular weight excluding hydrogens is 250 g/mol. The summed E-state index contributed by atoms with van der Waals surface area (Å²) in [7, 11) is 0. The Labute approximate surface area is 110 Å². The average Bonchev–Trinajstić information content (AvgIpc) is 2.34. The molecule has 0 aliphatic rings. The van der Waals surface area contributed by atoms with Gasteiger partial charge in [-0.3, -0.25) is 14.9 Å². The van der Waals surface area contributed by atoms with Crippen molar-refractivity contribution in [3.8, 4) is 0 Å². The van der Waals surface area contributed by atoms with Crippen LogP contribution in [0.2, 0.25) is 0 Å². The fourth-order valence-corrected chi connectivity index (χ4v) is 1.77. The maximum absolute atomic E-state index is 11.1. The van der Waals surface area contributed by atoms with E-state index in [9.17, 15) is 20.0 Å². The fourth-order valence-electron chi connectivity index (χ4n) is 1.77. The molecule has 104 valence electrons. The number of amides is 1. The van der Waals surface area contributed by atoms with Crippen LogP contribution >= 0.6 is 0 Å². The summed E-state index contributed by atoms with van der Waals surface area (Å²) in [6.07, 6.45) is -0.793. The van der Waals surface area contributed by atoms with Crippen LogP contribution in [0.1, 0.15) is 25.5 Å². The maximum atomic E-state index is 11.1. The highest BCUT2D eigenvalue weighted by atomic mass is 16.6. The number of nitrogens with zero attached hydrogens (tertiary/aromatic N) is 2. The number of nitro benzene ring substituents is 1. The number of rotatable bonds is 6.